The Kier molecular flexibility index (Phi) is 5.13. The van der Waals surface area contributed by atoms with Crippen molar-refractivity contribution in [2.45, 2.75) is 6.54 Å². The van der Waals surface area contributed by atoms with Gasteiger partial charge < -0.3 is 13.9 Å². The molecule has 0 unspecified atom stereocenters. The summed E-state index contributed by atoms with van der Waals surface area (Å²) in [4.78, 5) is 24.4. The number of rotatable bonds is 6. The lowest BCUT2D eigenvalue weighted by molar-refractivity contribution is 0.0706. The van der Waals surface area contributed by atoms with Gasteiger partial charge in [-0.2, -0.15) is 0 Å². The normalized spacial score (nSPS) is 10.8. The Bertz CT molecular complexity index is 1210. The summed E-state index contributed by atoms with van der Waals surface area (Å²) in [6, 6.07) is 18.1. The molecule has 7 heteroatoms. The van der Waals surface area contributed by atoms with Crippen molar-refractivity contribution < 1.29 is 14.7 Å². The first-order valence-corrected chi connectivity index (χ1v) is 9.10. The molecule has 1 amide bonds. The van der Waals surface area contributed by atoms with E-state index in [0.717, 1.165) is 16.8 Å². The lowest BCUT2D eigenvalue weighted by Gasteiger charge is -2.13. The maximum absolute atomic E-state index is 12.8. The molecule has 0 radical (unpaired) electrons. The van der Waals surface area contributed by atoms with Gasteiger partial charge in [-0.3, -0.25) is 14.8 Å². The van der Waals surface area contributed by atoms with E-state index in [-0.39, 0.29) is 11.1 Å². The topological polar surface area (TPSA) is 85.5 Å². The van der Waals surface area contributed by atoms with E-state index in [4.69, 9.17) is 9.94 Å². The number of fused-ring (bicyclic) bond motifs is 1. The smallest absolute Gasteiger partial charge is 0.274 e. The van der Waals surface area contributed by atoms with Gasteiger partial charge in [-0.25, -0.2) is 5.48 Å². The fraction of sp³-hybridized carbons (Fsp3) is 0.0909. The van der Waals surface area contributed by atoms with Crippen LogP contribution in [0.3, 0.4) is 0 Å². The molecule has 0 aliphatic carbocycles. The summed E-state index contributed by atoms with van der Waals surface area (Å²) in [5, 5.41) is 9.92. The third kappa shape index (κ3) is 3.76. The van der Waals surface area contributed by atoms with Gasteiger partial charge in [0, 0.05) is 29.5 Å². The summed E-state index contributed by atoms with van der Waals surface area (Å²) < 4.78 is 9.44. The SMILES string of the molecule is O=C(NO)c1ccc2ccn(CCOc3ccccc3-n3cccc3)c(=O)c2c1. The highest BCUT2D eigenvalue weighted by molar-refractivity contribution is 5.97. The van der Waals surface area contributed by atoms with Crippen LogP contribution in [0.1, 0.15) is 10.4 Å². The second-order valence-electron chi connectivity index (χ2n) is 6.46. The summed E-state index contributed by atoms with van der Waals surface area (Å²) in [5.41, 5.74) is 2.49. The number of ether oxygens (including phenoxy) is 1. The highest BCUT2D eigenvalue weighted by Gasteiger charge is 2.09. The maximum Gasteiger partial charge on any atom is 0.274 e. The quantitative estimate of drug-likeness (QED) is 0.392. The summed E-state index contributed by atoms with van der Waals surface area (Å²) in [6.07, 6.45) is 5.59. The first kappa shape index (κ1) is 18.5. The average molecular weight is 389 g/mol. The predicted molar refractivity (Wildman–Crippen MR) is 109 cm³/mol. The molecule has 0 aliphatic rings. The second-order valence-corrected chi connectivity index (χ2v) is 6.46. The van der Waals surface area contributed by atoms with Gasteiger partial charge >= 0.3 is 0 Å². The Balaban J connectivity index is 1.54. The van der Waals surface area contributed by atoms with Crippen molar-refractivity contribution in [3.05, 3.63) is 95.2 Å². The van der Waals surface area contributed by atoms with Crippen LogP contribution in [-0.4, -0.2) is 26.9 Å². The molecule has 2 aromatic carbocycles. The number of para-hydroxylation sites is 2. The maximum atomic E-state index is 12.8. The standard InChI is InChI=1S/C22H19N3O4/c26-21(23-28)17-8-7-16-9-12-25(22(27)18(16)15-17)13-14-29-20-6-2-1-5-19(20)24-10-3-4-11-24/h1-12,15,28H,13-14H2,(H,23,26). The number of nitrogens with one attached hydrogen (secondary N) is 1. The van der Waals surface area contributed by atoms with E-state index in [1.54, 1.807) is 28.4 Å². The number of carbonyl (C=O) groups excluding carboxylic acids is 1. The number of aromatic nitrogens is 2. The fourth-order valence-corrected chi connectivity index (χ4v) is 3.20. The molecule has 0 atom stereocenters. The molecular formula is C22H19N3O4. The van der Waals surface area contributed by atoms with Gasteiger partial charge in [-0.05, 0) is 47.9 Å². The molecule has 0 spiro atoms. The van der Waals surface area contributed by atoms with Crippen LogP contribution in [-0.2, 0) is 6.54 Å². The molecule has 4 rings (SSSR count). The van der Waals surface area contributed by atoms with Gasteiger partial charge in [0.2, 0.25) is 0 Å². The molecule has 7 nitrogen and oxygen atoms in total. The van der Waals surface area contributed by atoms with Crippen LogP contribution in [0.4, 0.5) is 0 Å². The van der Waals surface area contributed by atoms with Crippen LogP contribution in [0.2, 0.25) is 0 Å². The molecule has 146 valence electrons. The van der Waals surface area contributed by atoms with E-state index in [1.807, 2.05) is 59.4 Å². The first-order valence-electron chi connectivity index (χ1n) is 9.10. The number of pyridine rings is 1. The van der Waals surface area contributed by atoms with Crippen molar-refractivity contribution in [3.63, 3.8) is 0 Å². The molecule has 0 saturated carbocycles. The summed E-state index contributed by atoms with van der Waals surface area (Å²) in [7, 11) is 0. The van der Waals surface area contributed by atoms with Gasteiger partial charge in [0.1, 0.15) is 12.4 Å². The largest absolute Gasteiger partial charge is 0.490 e. The van der Waals surface area contributed by atoms with Gasteiger partial charge in [-0.1, -0.05) is 18.2 Å². The van der Waals surface area contributed by atoms with Crippen LogP contribution in [0.15, 0.2) is 84.0 Å². The van der Waals surface area contributed by atoms with Crippen molar-refractivity contribution in [2.75, 3.05) is 6.61 Å². The molecular weight excluding hydrogens is 370 g/mol. The Labute approximate surface area is 166 Å². The van der Waals surface area contributed by atoms with Gasteiger partial charge in [0.15, 0.2) is 0 Å². The van der Waals surface area contributed by atoms with Gasteiger partial charge in [0.05, 0.1) is 12.2 Å². The van der Waals surface area contributed by atoms with Crippen molar-refractivity contribution in [1.82, 2.24) is 14.6 Å². The van der Waals surface area contributed by atoms with E-state index in [9.17, 15) is 9.59 Å². The predicted octanol–water partition coefficient (Wildman–Crippen LogP) is 2.99. The lowest BCUT2D eigenvalue weighted by Crippen LogP contribution is -2.23. The molecule has 2 heterocycles. The van der Waals surface area contributed by atoms with E-state index in [0.29, 0.717) is 18.5 Å². The third-order valence-electron chi connectivity index (χ3n) is 4.68. The number of hydrogen-bond donors (Lipinski definition) is 2. The Morgan fingerprint density at radius 2 is 1.79 bits per heavy atom. The molecule has 0 aliphatic heterocycles. The number of hydroxylamine groups is 1. The van der Waals surface area contributed by atoms with E-state index < -0.39 is 5.91 Å². The van der Waals surface area contributed by atoms with Crippen molar-refractivity contribution in [3.8, 4) is 11.4 Å². The minimum absolute atomic E-state index is 0.215. The highest BCUT2D eigenvalue weighted by atomic mass is 16.5. The number of amides is 1. The molecule has 29 heavy (non-hydrogen) atoms. The van der Waals surface area contributed by atoms with Crippen LogP contribution >= 0.6 is 0 Å². The summed E-state index contributed by atoms with van der Waals surface area (Å²) in [5.74, 6) is 0.0612. The molecule has 0 saturated heterocycles. The van der Waals surface area contributed by atoms with Crippen molar-refractivity contribution >= 4 is 16.7 Å². The van der Waals surface area contributed by atoms with Crippen LogP contribution in [0, 0.1) is 0 Å². The molecule has 4 aromatic rings. The number of nitrogens with zero attached hydrogens (tertiary/aromatic N) is 2. The molecule has 0 bridgehead atoms. The highest BCUT2D eigenvalue weighted by Crippen LogP contribution is 2.22. The summed E-state index contributed by atoms with van der Waals surface area (Å²) >= 11 is 0. The monoisotopic (exact) mass is 389 g/mol. The number of carbonyl (C=O) groups is 1. The lowest BCUT2D eigenvalue weighted by atomic mass is 10.1. The van der Waals surface area contributed by atoms with E-state index in [2.05, 4.69) is 0 Å². The zero-order chi connectivity index (χ0) is 20.2. The second kappa shape index (κ2) is 8.04. The first-order chi connectivity index (χ1) is 14.2. The van der Waals surface area contributed by atoms with Crippen LogP contribution in [0.5, 0.6) is 5.75 Å². The van der Waals surface area contributed by atoms with Crippen molar-refractivity contribution in [1.29, 1.82) is 0 Å². The zero-order valence-corrected chi connectivity index (χ0v) is 15.5. The molecule has 0 fully saturated rings. The third-order valence-corrected chi connectivity index (χ3v) is 4.68. The van der Waals surface area contributed by atoms with Gasteiger partial charge in [-0.15, -0.1) is 0 Å². The fourth-order valence-electron chi connectivity index (χ4n) is 3.20. The van der Waals surface area contributed by atoms with Crippen LogP contribution < -0.4 is 15.8 Å². The van der Waals surface area contributed by atoms with E-state index in [1.165, 1.54) is 6.07 Å². The Morgan fingerprint density at radius 1 is 1.00 bits per heavy atom. The van der Waals surface area contributed by atoms with Crippen molar-refractivity contribution in [2.24, 2.45) is 0 Å². The number of benzene rings is 2. The Morgan fingerprint density at radius 3 is 2.59 bits per heavy atom. The molecule has 2 N–H and O–H groups in total. The van der Waals surface area contributed by atoms with Crippen LogP contribution in [0.25, 0.3) is 16.5 Å². The van der Waals surface area contributed by atoms with Gasteiger partial charge in [0.25, 0.3) is 11.5 Å². The number of hydrogen-bond acceptors (Lipinski definition) is 4. The average Bonchev–Trinajstić information content (AvgIpc) is 3.30. The Hall–Kier alpha value is -3.84. The minimum Gasteiger partial charge on any atom is -0.490 e. The zero-order valence-electron chi connectivity index (χ0n) is 15.5. The van der Waals surface area contributed by atoms with E-state index >= 15 is 0 Å². The summed E-state index contributed by atoms with van der Waals surface area (Å²) in [6.45, 7) is 0.658. The minimum atomic E-state index is -0.661. The molecule has 2 aromatic heterocycles.